The molecular weight excluding hydrogens is 364 g/mol. The van der Waals surface area contributed by atoms with Crippen LogP contribution in [0.3, 0.4) is 0 Å². The summed E-state index contributed by atoms with van der Waals surface area (Å²) in [5.74, 6) is -1.63. The summed E-state index contributed by atoms with van der Waals surface area (Å²) >= 11 is 1.20. The molecule has 1 amide bonds. The zero-order valence-electron chi connectivity index (χ0n) is 13.4. The highest BCUT2D eigenvalue weighted by molar-refractivity contribution is 7.88. The lowest BCUT2D eigenvalue weighted by molar-refractivity contribution is -0.139. The van der Waals surface area contributed by atoms with E-state index in [1.807, 2.05) is 0 Å². The summed E-state index contributed by atoms with van der Waals surface area (Å²) in [5, 5.41) is 11.8. The Kier molecular flexibility index (Phi) is 6.29. The lowest BCUT2D eigenvalue weighted by Gasteiger charge is -2.14. The van der Waals surface area contributed by atoms with Crippen LogP contribution in [-0.4, -0.2) is 38.2 Å². The van der Waals surface area contributed by atoms with E-state index >= 15 is 0 Å². The molecule has 0 aliphatic carbocycles. The number of amides is 1. The second kappa shape index (κ2) is 8.24. The van der Waals surface area contributed by atoms with Crippen molar-refractivity contribution < 1.29 is 23.1 Å². The number of thiophene rings is 1. The van der Waals surface area contributed by atoms with Gasteiger partial charge in [0.25, 0.3) is 5.91 Å². The van der Waals surface area contributed by atoms with Gasteiger partial charge in [0.2, 0.25) is 10.0 Å². The van der Waals surface area contributed by atoms with Crippen molar-refractivity contribution in [3.63, 3.8) is 0 Å². The normalized spacial score (nSPS) is 12.5. The largest absolute Gasteiger partial charge is 0.479 e. The fourth-order valence-corrected chi connectivity index (χ4v) is 3.51. The second-order valence-electron chi connectivity index (χ2n) is 5.34. The molecule has 0 bridgehead atoms. The third-order valence-electron chi connectivity index (χ3n) is 3.28. The van der Waals surface area contributed by atoms with Crippen molar-refractivity contribution in [1.82, 2.24) is 10.0 Å². The molecule has 134 valence electrons. The molecule has 7 nitrogen and oxygen atoms in total. The minimum Gasteiger partial charge on any atom is -0.479 e. The second-order valence-corrected chi connectivity index (χ2v) is 8.34. The van der Waals surface area contributed by atoms with E-state index in [1.54, 1.807) is 42.5 Å². The van der Waals surface area contributed by atoms with Crippen molar-refractivity contribution in [3.8, 4) is 0 Å². The summed E-state index contributed by atoms with van der Waals surface area (Å²) in [6.45, 7) is 0.238. The molecule has 0 saturated carbocycles. The highest BCUT2D eigenvalue weighted by Crippen LogP contribution is 2.19. The first-order chi connectivity index (χ1) is 11.8. The Morgan fingerprint density at radius 3 is 2.44 bits per heavy atom. The van der Waals surface area contributed by atoms with Crippen LogP contribution in [0.1, 0.15) is 26.2 Å². The summed E-state index contributed by atoms with van der Waals surface area (Å²) in [6, 6.07) is 10.6. The summed E-state index contributed by atoms with van der Waals surface area (Å²) in [7, 11) is -3.25. The minimum atomic E-state index is -3.25. The smallest absolute Gasteiger partial charge is 0.330 e. The Hall–Kier alpha value is -2.23. The number of hydrogen-bond donors (Lipinski definition) is 3. The molecule has 2 rings (SSSR count). The number of carboxylic acid groups (broad SMARTS) is 1. The SMILES string of the molecule is CS(=O)(=O)NCCc1ccc(C(=O)N[C@H](C(=O)O)c2ccccc2)s1. The predicted molar refractivity (Wildman–Crippen MR) is 95.2 cm³/mol. The van der Waals surface area contributed by atoms with Gasteiger partial charge in [-0.15, -0.1) is 11.3 Å². The number of carbonyl (C=O) groups is 2. The van der Waals surface area contributed by atoms with Crippen LogP contribution in [0.15, 0.2) is 42.5 Å². The van der Waals surface area contributed by atoms with Crippen molar-refractivity contribution in [3.05, 3.63) is 57.8 Å². The monoisotopic (exact) mass is 382 g/mol. The summed E-state index contributed by atoms with van der Waals surface area (Å²) in [6.07, 6.45) is 1.53. The van der Waals surface area contributed by atoms with Gasteiger partial charge in [-0.25, -0.2) is 17.9 Å². The standard InChI is InChI=1S/C16H18N2O5S2/c1-25(22,23)17-10-9-12-7-8-13(24-12)15(19)18-14(16(20)21)11-5-3-2-4-6-11/h2-8,14,17H,9-10H2,1H3,(H,18,19)(H,20,21)/t14-/m0/s1. The van der Waals surface area contributed by atoms with E-state index in [2.05, 4.69) is 10.0 Å². The average molecular weight is 382 g/mol. The molecule has 0 unspecified atom stereocenters. The van der Waals surface area contributed by atoms with Crippen LogP contribution in [0.2, 0.25) is 0 Å². The molecule has 1 heterocycles. The van der Waals surface area contributed by atoms with Crippen molar-refractivity contribution in [1.29, 1.82) is 0 Å². The number of carboxylic acids is 1. The summed E-state index contributed by atoms with van der Waals surface area (Å²) < 4.78 is 24.4. The van der Waals surface area contributed by atoms with Crippen LogP contribution in [-0.2, 0) is 21.2 Å². The summed E-state index contributed by atoms with van der Waals surface area (Å²) in [5.41, 5.74) is 0.484. The highest BCUT2D eigenvalue weighted by atomic mass is 32.2. The van der Waals surface area contributed by atoms with Gasteiger partial charge in [0.05, 0.1) is 11.1 Å². The Labute approximate surface area is 149 Å². The first kappa shape index (κ1) is 19.1. The predicted octanol–water partition coefficient (Wildman–Crippen LogP) is 1.40. The molecule has 0 aliphatic rings. The van der Waals surface area contributed by atoms with Crippen LogP contribution >= 0.6 is 11.3 Å². The van der Waals surface area contributed by atoms with E-state index in [1.165, 1.54) is 11.3 Å². The highest BCUT2D eigenvalue weighted by Gasteiger charge is 2.23. The zero-order valence-corrected chi connectivity index (χ0v) is 15.1. The molecule has 9 heteroatoms. The molecule has 0 aliphatic heterocycles. The number of carbonyl (C=O) groups excluding carboxylic acids is 1. The van der Waals surface area contributed by atoms with Crippen LogP contribution in [0.5, 0.6) is 0 Å². The number of hydrogen-bond acceptors (Lipinski definition) is 5. The molecule has 0 spiro atoms. The summed E-state index contributed by atoms with van der Waals surface area (Å²) in [4.78, 5) is 24.9. The third kappa shape index (κ3) is 5.96. The van der Waals surface area contributed by atoms with Gasteiger partial charge in [0.1, 0.15) is 0 Å². The van der Waals surface area contributed by atoms with Gasteiger partial charge in [-0.05, 0) is 24.1 Å². The van der Waals surface area contributed by atoms with Gasteiger partial charge in [0, 0.05) is 11.4 Å². The first-order valence-electron chi connectivity index (χ1n) is 7.38. The van der Waals surface area contributed by atoms with Crippen LogP contribution in [0.25, 0.3) is 0 Å². The zero-order chi connectivity index (χ0) is 18.4. The molecule has 0 radical (unpaired) electrons. The molecule has 1 aromatic carbocycles. The Bertz CT molecular complexity index is 846. The van der Waals surface area contributed by atoms with Crippen LogP contribution in [0, 0.1) is 0 Å². The van der Waals surface area contributed by atoms with Gasteiger partial charge in [-0.2, -0.15) is 0 Å². The number of aliphatic carboxylic acids is 1. The Balaban J connectivity index is 2.01. The molecule has 25 heavy (non-hydrogen) atoms. The van der Waals surface area contributed by atoms with E-state index in [0.717, 1.165) is 11.1 Å². The molecule has 1 aromatic heterocycles. The van der Waals surface area contributed by atoms with E-state index in [0.29, 0.717) is 16.9 Å². The minimum absolute atomic E-state index is 0.238. The van der Waals surface area contributed by atoms with Gasteiger partial charge in [-0.3, -0.25) is 4.79 Å². The number of rotatable bonds is 8. The van der Waals surface area contributed by atoms with Crippen molar-refractivity contribution in [2.24, 2.45) is 0 Å². The van der Waals surface area contributed by atoms with E-state index in [9.17, 15) is 23.1 Å². The first-order valence-corrected chi connectivity index (χ1v) is 10.1. The average Bonchev–Trinajstić information content (AvgIpc) is 3.00. The van der Waals surface area contributed by atoms with Gasteiger partial charge >= 0.3 is 5.97 Å². The number of sulfonamides is 1. The van der Waals surface area contributed by atoms with Gasteiger partial charge < -0.3 is 10.4 Å². The Morgan fingerprint density at radius 2 is 1.84 bits per heavy atom. The lowest BCUT2D eigenvalue weighted by atomic mass is 10.1. The maximum absolute atomic E-state index is 12.3. The molecule has 0 saturated heterocycles. The van der Waals surface area contributed by atoms with Crippen molar-refractivity contribution in [2.75, 3.05) is 12.8 Å². The van der Waals surface area contributed by atoms with E-state index in [4.69, 9.17) is 0 Å². The van der Waals surface area contributed by atoms with Gasteiger partial charge in [-0.1, -0.05) is 30.3 Å². The third-order valence-corrected chi connectivity index (χ3v) is 5.15. The lowest BCUT2D eigenvalue weighted by Crippen LogP contribution is -2.33. The number of nitrogens with one attached hydrogen (secondary N) is 2. The van der Waals surface area contributed by atoms with Crippen LogP contribution < -0.4 is 10.0 Å². The Morgan fingerprint density at radius 1 is 1.16 bits per heavy atom. The van der Waals surface area contributed by atoms with Crippen LogP contribution in [0.4, 0.5) is 0 Å². The van der Waals surface area contributed by atoms with E-state index in [-0.39, 0.29) is 6.54 Å². The van der Waals surface area contributed by atoms with Crippen molar-refractivity contribution >= 4 is 33.2 Å². The van der Waals surface area contributed by atoms with Gasteiger partial charge in [0.15, 0.2) is 6.04 Å². The topological polar surface area (TPSA) is 113 Å². The fourth-order valence-electron chi connectivity index (χ4n) is 2.13. The molecule has 1 atom stereocenters. The number of benzene rings is 1. The quantitative estimate of drug-likeness (QED) is 0.639. The fraction of sp³-hybridized carbons (Fsp3) is 0.250. The van der Waals surface area contributed by atoms with E-state index < -0.39 is 27.9 Å². The maximum atomic E-state index is 12.3. The molecule has 2 aromatic rings. The van der Waals surface area contributed by atoms with Crippen molar-refractivity contribution in [2.45, 2.75) is 12.5 Å². The molecular formula is C16H18N2O5S2. The maximum Gasteiger partial charge on any atom is 0.330 e. The molecule has 0 fully saturated rings. The molecule has 3 N–H and O–H groups in total.